The molecule has 0 fully saturated rings. The summed E-state index contributed by atoms with van der Waals surface area (Å²) in [4.78, 5) is 13.4. The molecule has 0 atom stereocenters. The van der Waals surface area contributed by atoms with E-state index in [0.29, 0.717) is 5.02 Å². The number of halogens is 1. The van der Waals surface area contributed by atoms with E-state index < -0.39 is 10.0 Å². The van der Waals surface area contributed by atoms with Crippen LogP contribution in [0.15, 0.2) is 52.3 Å². The van der Waals surface area contributed by atoms with Crippen molar-refractivity contribution in [1.29, 1.82) is 0 Å². The number of rotatable bonds is 4. The Bertz CT molecular complexity index is 733. The second-order valence-corrected chi connectivity index (χ2v) is 6.76. The Balaban J connectivity index is 2.23. The summed E-state index contributed by atoms with van der Waals surface area (Å²) in [7, 11) is -2.15. The number of aromatic amines is 1. The average Bonchev–Trinajstić information content (AvgIpc) is 2.42. The van der Waals surface area contributed by atoms with Crippen molar-refractivity contribution in [3.05, 3.63) is 63.5 Å². The van der Waals surface area contributed by atoms with Crippen molar-refractivity contribution in [2.75, 3.05) is 7.05 Å². The Kier molecular flexibility index (Phi) is 4.27. The Labute approximate surface area is 121 Å². The van der Waals surface area contributed by atoms with Crippen LogP contribution in [0, 0.1) is 0 Å². The molecule has 0 aliphatic rings. The molecule has 0 saturated heterocycles. The normalized spacial score (nSPS) is 11.8. The molecule has 5 nitrogen and oxygen atoms in total. The lowest BCUT2D eigenvalue weighted by Crippen LogP contribution is -2.27. The minimum absolute atomic E-state index is 0.0496. The fourth-order valence-corrected chi connectivity index (χ4v) is 2.92. The number of sulfonamides is 1. The van der Waals surface area contributed by atoms with Gasteiger partial charge in [0.25, 0.3) is 0 Å². The second kappa shape index (κ2) is 5.78. The van der Waals surface area contributed by atoms with Crippen molar-refractivity contribution in [2.45, 2.75) is 11.4 Å². The van der Waals surface area contributed by atoms with Gasteiger partial charge in [-0.3, -0.25) is 4.79 Å². The summed E-state index contributed by atoms with van der Waals surface area (Å²) < 4.78 is 25.8. The van der Waals surface area contributed by atoms with E-state index in [9.17, 15) is 13.2 Å². The zero-order valence-corrected chi connectivity index (χ0v) is 12.3. The van der Waals surface area contributed by atoms with Crippen molar-refractivity contribution in [3.63, 3.8) is 0 Å². The fraction of sp³-hybridized carbons (Fsp3) is 0.154. The molecule has 106 valence electrons. The van der Waals surface area contributed by atoms with Gasteiger partial charge in [-0.25, -0.2) is 8.42 Å². The largest absolute Gasteiger partial charge is 0.328 e. The van der Waals surface area contributed by atoms with Crippen LogP contribution < -0.4 is 5.56 Å². The Morgan fingerprint density at radius 1 is 1.15 bits per heavy atom. The predicted octanol–water partition coefficient (Wildman–Crippen LogP) is 1.85. The van der Waals surface area contributed by atoms with Gasteiger partial charge in [0.15, 0.2) is 0 Å². The Morgan fingerprint density at radius 3 is 2.35 bits per heavy atom. The maximum absolute atomic E-state index is 12.3. The molecule has 0 bridgehead atoms. The number of hydrogen-bond acceptors (Lipinski definition) is 3. The van der Waals surface area contributed by atoms with E-state index in [1.807, 2.05) is 0 Å². The van der Waals surface area contributed by atoms with E-state index in [1.54, 1.807) is 24.3 Å². The summed E-state index contributed by atoms with van der Waals surface area (Å²) in [5.74, 6) is 0. The Morgan fingerprint density at radius 2 is 1.80 bits per heavy atom. The topological polar surface area (TPSA) is 70.2 Å². The van der Waals surface area contributed by atoms with Gasteiger partial charge >= 0.3 is 0 Å². The monoisotopic (exact) mass is 312 g/mol. The smallest absolute Gasteiger partial charge is 0.247 e. The quantitative estimate of drug-likeness (QED) is 0.936. The summed E-state index contributed by atoms with van der Waals surface area (Å²) in [5, 5.41) is 0.597. The highest BCUT2D eigenvalue weighted by atomic mass is 35.5. The van der Waals surface area contributed by atoms with Gasteiger partial charge in [0.05, 0.1) is 4.90 Å². The maximum atomic E-state index is 12.3. The predicted molar refractivity (Wildman–Crippen MR) is 77.2 cm³/mol. The van der Waals surface area contributed by atoms with E-state index >= 15 is 0 Å². The molecular weight excluding hydrogens is 300 g/mol. The van der Waals surface area contributed by atoms with Gasteiger partial charge in [-0.2, -0.15) is 4.31 Å². The molecule has 2 rings (SSSR count). The summed E-state index contributed by atoms with van der Waals surface area (Å²) in [5.41, 5.74) is 0.481. The van der Waals surface area contributed by atoms with Crippen molar-refractivity contribution in [3.8, 4) is 0 Å². The van der Waals surface area contributed by atoms with E-state index in [-0.39, 0.29) is 17.0 Å². The van der Waals surface area contributed by atoms with Crippen molar-refractivity contribution in [1.82, 2.24) is 9.29 Å². The number of hydrogen-bond donors (Lipinski definition) is 1. The third-order valence-corrected chi connectivity index (χ3v) is 4.83. The van der Waals surface area contributed by atoms with Gasteiger partial charge in [-0.1, -0.05) is 23.7 Å². The van der Waals surface area contributed by atoms with Gasteiger partial charge in [0.1, 0.15) is 0 Å². The zero-order chi connectivity index (χ0) is 14.8. The minimum atomic E-state index is -3.63. The first kappa shape index (κ1) is 14.8. The van der Waals surface area contributed by atoms with Crippen LogP contribution in [0.5, 0.6) is 0 Å². The zero-order valence-electron chi connectivity index (χ0n) is 10.7. The molecule has 0 spiro atoms. The lowest BCUT2D eigenvalue weighted by Gasteiger charge is -2.17. The van der Waals surface area contributed by atoms with Crippen LogP contribution in [-0.4, -0.2) is 24.8 Å². The highest BCUT2D eigenvalue weighted by molar-refractivity contribution is 7.89. The molecule has 1 aromatic heterocycles. The standard InChI is InChI=1S/C13H13ClN2O3S/c1-16(9-10-2-4-11(14)5-3-10)20(18,19)12-6-7-13(17)15-8-12/h2-8H,9H2,1H3,(H,15,17). The van der Waals surface area contributed by atoms with Gasteiger partial charge in [0.2, 0.25) is 15.6 Å². The van der Waals surface area contributed by atoms with Gasteiger partial charge in [-0.15, -0.1) is 0 Å². The highest BCUT2D eigenvalue weighted by Gasteiger charge is 2.20. The summed E-state index contributed by atoms with van der Waals surface area (Å²) in [6, 6.07) is 9.41. The summed E-state index contributed by atoms with van der Waals surface area (Å²) >= 11 is 5.78. The number of nitrogens with one attached hydrogen (secondary N) is 1. The lowest BCUT2D eigenvalue weighted by molar-refractivity contribution is 0.466. The van der Waals surface area contributed by atoms with Crippen molar-refractivity contribution in [2.24, 2.45) is 0 Å². The molecule has 0 aliphatic carbocycles. The number of pyridine rings is 1. The first-order valence-corrected chi connectivity index (χ1v) is 7.61. The number of nitrogens with zero attached hydrogens (tertiary/aromatic N) is 1. The second-order valence-electron chi connectivity index (χ2n) is 4.28. The van der Waals surface area contributed by atoms with Crippen molar-refractivity contribution < 1.29 is 8.42 Å². The van der Waals surface area contributed by atoms with Crippen LogP contribution >= 0.6 is 11.6 Å². The van der Waals surface area contributed by atoms with E-state index in [2.05, 4.69) is 4.98 Å². The number of H-pyrrole nitrogens is 1. The molecule has 1 N–H and O–H groups in total. The van der Waals surface area contributed by atoms with Crippen LogP contribution in [0.2, 0.25) is 5.02 Å². The molecule has 0 radical (unpaired) electrons. The fourth-order valence-electron chi connectivity index (χ4n) is 1.67. The summed E-state index contributed by atoms with van der Waals surface area (Å²) in [6.45, 7) is 0.221. The first-order valence-electron chi connectivity index (χ1n) is 5.79. The molecule has 0 unspecified atom stereocenters. The molecule has 7 heteroatoms. The van der Waals surface area contributed by atoms with Crippen LogP contribution in [0.25, 0.3) is 0 Å². The molecule has 0 aliphatic heterocycles. The first-order chi connectivity index (χ1) is 9.39. The SMILES string of the molecule is CN(Cc1ccc(Cl)cc1)S(=O)(=O)c1ccc(=O)[nH]c1. The third-order valence-electron chi connectivity index (χ3n) is 2.78. The highest BCUT2D eigenvalue weighted by Crippen LogP contribution is 2.16. The molecule has 20 heavy (non-hydrogen) atoms. The number of aromatic nitrogens is 1. The minimum Gasteiger partial charge on any atom is -0.328 e. The van der Waals surface area contributed by atoms with Crippen LogP contribution in [0.3, 0.4) is 0 Å². The van der Waals surface area contributed by atoms with E-state index in [1.165, 1.54) is 29.7 Å². The van der Waals surface area contributed by atoms with Crippen LogP contribution in [0.1, 0.15) is 5.56 Å². The molecular formula is C13H13ClN2O3S. The molecule has 1 aromatic carbocycles. The Hall–Kier alpha value is -1.63. The molecule has 0 saturated carbocycles. The van der Waals surface area contributed by atoms with Crippen molar-refractivity contribution >= 4 is 21.6 Å². The molecule has 1 heterocycles. The van der Waals surface area contributed by atoms with Crippen LogP contribution in [0.4, 0.5) is 0 Å². The number of benzene rings is 1. The summed E-state index contributed by atoms with van der Waals surface area (Å²) in [6.07, 6.45) is 1.19. The van der Waals surface area contributed by atoms with Crippen LogP contribution in [-0.2, 0) is 16.6 Å². The molecule has 2 aromatic rings. The van der Waals surface area contributed by atoms with E-state index in [4.69, 9.17) is 11.6 Å². The van der Waals surface area contributed by atoms with E-state index in [0.717, 1.165) is 5.56 Å². The van der Waals surface area contributed by atoms with Gasteiger partial charge in [0, 0.05) is 30.9 Å². The maximum Gasteiger partial charge on any atom is 0.247 e. The molecule has 0 amide bonds. The third kappa shape index (κ3) is 3.27. The van der Waals surface area contributed by atoms with Gasteiger partial charge < -0.3 is 4.98 Å². The average molecular weight is 313 g/mol. The lowest BCUT2D eigenvalue weighted by atomic mass is 10.2. The van der Waals surface area contributed by atoms with Gasteiger partial charge in [-0.05, 0) is 23.8 Å².